The Morgan fingerprint density at radius 2 is 2.14 bits per heavy atom. The summed E-state index contributed by atoms with van der Waals surface area (Å²) in [4.78, 5) is 21.0. The molecule has 2 saturated carbocycles. The summed E-state index contributed by atoms with van der Waals surface area (Å²) in [5.41, 5.74) is -1.18. The Morgan fingerprint density at radius 1 is 1.38 bits per heavy atom. The predicted molar refractivity (Wildman–Crippen MR) is 72.9 cm³/mol. The number of hydrogen-bond acceptors (Lipinski definition) is 4. The van der Waals surface area contributed by atoms with Gasteiger partial charge in [-0.3, -0.25) is 10.1 Å². The largest absolute Gasteiger partial charge is 0.477 e. The van der Waals surface area contributed by atoms with E-state index in [1.165, 1.54) is 6.42 Å². The second kappa shape index (κ2) is 4.98. The van der Waals surface area contributed by atoms with Crippen molar-refractivity contribution in [1.29, 1.82) is 0 Å². The second-order valence-electron chi connectivity index (χ2n) is 5.84. The number of rotatable bonds is 4. The number of hydrogen-bond donors (Lipinski definition) is 2. The van der Waals surface area contributed by atoms with Gasteiger partial charge in [0.15, 0.2) is 5.82 Å². The summed E-state index contributed by atoms with van der Waals surface area (Å²) in [7, 11) is 0. The minimum atomic E-state index is -1.43. The number of benzene rings is 1. The molecule has 0 aromatic heterocycles. The third-order valence-electron chi connectivity index (χ3n) is 4.59. The van der Waals surface area contributed by atoms with Gasteiger partial charge >= 0.3 is 5.97 Å². The van der Waals surface area contributed by atoms with Crippen molar-refractivity contribution in [3.8, 4) is 0 Å². The maximum Gasteiger partial charge on any atom is 0.342 e. The standard InChI is InChI=1S/C14H15FN2O4/c15-10-6-13(17(20)21)9(14(18)19)5-12(10)16-11-4-7-1-2-8(11)3-7/h5-8,11,16H,1-4H2,(H,18,19). The number of nitrogens with one attached hydrogen (secondary N) is 1. The van der Waals surface area contributed by atoms with Gasteiger partial charge in [-0.2, -0.15) is 0 Å². The van der Waals surface area contributed by atoms with Crippen molar-refractivity contribution >= 4 is 17.3 Å². The fraction of sp³-hybridized carbons (Fsp3) is 0.500. The zero-order chi connectivity index (χ0) is 15.1. The van der Waals surface area contributed by atoms with E-state index in [-0.39, 0.29) is 11.7 Å². The Kier molecular flexibility index (Phi) is 3.27. The van der Waals surface area contributed by atoms with Crippen LogP contribution >= 0.6 is 0 Å². The van der Waals surface area contributed by atoms with Crippen LogP contribution in [0.25, 0.3) is 0 Å². The number of carboxylic acid groups (broad SMARTS) is 1. The van der Waals surface area contributed by atoms with Gasteiger partial charge in [0.05, 0.1) is 16.7 Å². The first kappa shape index (κ1) is 13.8. The first-order valence-electron chi connectivity index (χ1n) is 6.93. The molecule has 3 unspecified atom stereocenters. The number of nitrogens with zero attached hydrogens (tertiary/aromatic N) is 1. The Labute approximate surface area is 120 Å². The summed E-state index contributed by atoms with van der Waals surface area (Å²) in [5.74, 6) is -1.07. The molecule has 3 rings (SSSR count). The molecule has 2 fully saturated rings. The van der Waals surface area contributed by atoms with Crippen LogP contribution in [0, 0.1) is 27.8 Å². The van der Waals surface area contributed by atoms with E-state index < -0.39 is 28.0 Å². The molecule has 6 nitrogen and oxygen atoms in total. The zero-order valence-electron chi connectivity index (χ0n) is 11.2. The summed E-state index contributed by atoms with van der Waals surface area (Å²) < 4.78 is 14.0. The van der Waals surface area contributed by atoms with Crippen LogP contribution in [0.4, 0.5) is 15.8 Å². The minimum Gasteiger partial charge on any atom is -0.477 e. The minimum absolute atomic E-state index is 0.0375. The van der Waals surface area contributed by atoms with E-state index in [0.717, 1.165) is 25.3 Å². The highest BCUT2D eigenvalue weighted by atomic mass is 19.1. The zero-order valence-corrected chi connectivity index (χ0v) is 11.2. The first-order valence-corrected chi connectivity index (χ1v) is 6.93. The van der Waals surface area contributed by atoms with E-state index >= 15 is 0 Å². The van der Waals surface area contributed by atoms with Gasteiger partial charge in [-0.15, -0.1) is 0 Å². The summed E-state index contributed by atoms with van der Waals surface area (Å²) in [6.07, 6.45) is 4.37. The highest BCUT2D eigenvalue weighted by molar-refractivity contribution is 5.93. The Bertz CT molecular complexity index is 619. The molecule has 0 radical (unpaired) electrons. The molecule has 0 saturated heterocycles. The molecule has 2 N–H and O–H groups in total. The molecule has 3 atom stereocenters. The number of carboxylic acids is 1. The molecule has 112 valence electrons. The second-order valence-corrected chi connectivity index (χ2v) is 5.84. The van der Waals surface area contributed by atoms with E-state index in [0.29, 0.717) is 17.9 Å². The molecular formula is C14H15FN2O4. The smallest absolute Gasteiger partial charge is 0.342 e. The van der Waals surface area contributed by atoms with E-state index in [1.54, 1.807) is 0 Å². The fourth-order valence-corrected chi connectivity index (χ4v) is 3.62. The van der Waals surface area contributed by atoms with Crippen molar-refractivity contribution in [3.05, 3.63) is 33.6 Å². The van der Waals surface area contributed by atoms with Gasteiger partial charge in [-0.1, -0.05) is 6.42 Å². The molecular weight excluding hydrogens is 279 g/mol. The number of aromatic carboxylic acids is 1. The molecule has 21 heavy (non-hydrogen) atoms. The molecule has 2 aliphatic carbocycles. The molecule has 0 aliphatic heterocycles. The summed E-state index contributed by atoms with van der Waals surface area (Å²) in [6.45, 7) is 0. The molecule has 1 aromatic rings. The average molecular weight is 294 g/mol. The fourth-order valence-electron chi connectivity index (χ4n) is 3.62. The molecule has 0 heterocycles. The van der Waals surface area contributed by atoms with Crippen LogP contribution in [-0.4, -0.2) is 22.0 Å². The normalized spacial score (nSPS) is 26.8. The number of fused-ring (bicyclic) bond motifs is 2. The van der Waals surface area contributed by atoms with Crippen LogP contribution in [0.2, 0.25) is 0 Å². The van der Waals surface area contributed by atoms with Crippen LogP contribution in [0.5, 0.6) is 0 Å². The Hall–Kier alpha value is -2.18. The van der Waals surface area contributed by atoms with Crippen LogP contribution in [0.1, 0.15) is 36.0 Å². The van der Waals surface area contributed by atoms with Crippen molar-refractivity contribution in [2.45, 2.75) is 31.7 Å². The quantitative estimate of drug-likeness (QED) is 0.657. The SMILES string of the molecule is O=C(O)c1cc(NC2CC3CCC2C3)c(F)cc1[N+](=O)[O-]. The van der Waals surface area contributed by atoms with E-state index in [4.69, 9.17) is 5.11 Å². The van der Waals surface area contributed by atoms with Gasteiger partial charge in [-0.05, 0) is 37.2 Å². The summed E-state index contributed by atoms with van der Waals surface area (Å²) in [5, 5.41) is 22.9. The molecule has 1 aromatic carbocycles. The number of nitro benzene ring substituents is 1. The van der Waals surface area contributed by atoms with E-state index in [9.17, 15) is 19.3 Å². The van der Waals surface area contributed by atoms with Gasteiger partial charge in [-0.25, -0.2) is 9.18 Å². The van der Waals surface area contributed by atoms with Crippen LogP contribution in [-0.2, 0) is 0 Å². The van der Waals surface area contributed by atoms with E-state index in [1.807, 2.05) is 0 Å². The van der Waals surface area contributed by atoms with Gasteiger partial charge < -0.3 is 10.4 Å². The molecule has 2 bridgehead atoms. The highest BCUT2D eigenvalue weighted by Gasteiger charge is 2.39. The van der Waals surface area contributed by atoms with Crippen LogP contribution < -0.4 is 5.32 Å². The van der Waals surface area contributed by atoms with Crippen molar-refractivity contribution < 1.29 is 19.2 Å². The summed E-state index contributed by atoms with van der Waals surface area (Å²) in [6, 6.07) is 1.84. The van der Waals surface area contributed by atoms with Crippen molar-refractivity contribution in [2.75, 3.05) is 5.32 Å². The van der Waals surface area contributed by atoms with Crippen LogP contribution in [0.15, 0.2) is 12.1 Å². The maximum absolute atomic E-state index is 14.0. The monoisotopic (exact) mass is 294 g/mol. The lowest BCUT2D eigenvalue weighted by molar-refractivity contribution is -0.385. The molecule has 0 spiro atoms. The first-order chi connectivity index (χ1) is 9.95. The number of nitro groups is 1. The topological polar surface area (TPSA) is 92.5 Å². The Morgan fingerprint density at radius 3 is 2.67 bits per heavy atom. The van der Waals surface area contributed by atoms with Gasteiger partial charge in [0.2, 0.25) is 0 Å². The van der Waals surface area contributed by atoms with Crippen molar-refractivity contribution in [3.63, 3.8) is 0 Å². The molecule has 2 aliphatic rings. The summed E-state index contributed by atoms with van der Waals surface area (Å²) >= 11 is 0. The average Bonchev–Trinajstić information content (AvgIpc) is 3.02. The van der Waals surface area contributed by atoms with E-state index in [2.05, 4.69) is 5.32 Å². The number of halogens is 1. The highest BCUT2D eigenvalue weighted by Crippen LogP contribution is 2.45. The maximum atomic E-state index is 14.0. The van der Waals surface area contributed by atoms with Crippen molar-refractivity contribution in [2.24, 2.45) is 11.8 Å². The van der Waals surface area contributed by atoms with Crippen LogP contribution in [0.3, 0.4) is 0 Å². The molecule has 0 amide bonds. The van der Waals surface area contributed by atoms with Gasteiger partial charge in [0.25, 0.3) is 5.69 Å². The third-order valence-corrected chi connectivity index (χ3v) is 4.59. The lowest BCUT2D eigenvalue weighted by Crippen LogP contribution is -2.26. The van der Waals surface area contributed by atoms with Crippen molar-refractivity contribution in [1.82, 2.24) is 0 Å². The lowest BCUT2D eigenvalue weighted by Gasteiger charge is -2.24. The lowest BCUT2D eigenvalue weighted by atomic mass is 9.95. The molecule has 7 heteroatoms. The predicted octanol–water partition coefficient (Wildman–Crippen LogP) is 3.03. The Balaban J connectivity index is 1.90. The van der Waals surface area contributed by atoms with Gasteiger partial charge in [0, 0.05) is 6.04 Å². The number of anilines is 1. The number of carbonyl (C=O) groups is 1. The third kappa shape index (κ3) is 2.43. The van der Waals surface area contributed by atoms with Gasteiger partial charge in [0.1, 0.15) is 5.56 Å².